The molecule has 4 heterocycles. The van der Waals surface area contributed by atoms with Gasteiger partial charge in [0.25, 0.3) is 11.8 Å². The van der Waals surface area contributed by atoms with E-state index < -0.39 is 0 Å². The van der Waals surface area contributed by atoms with Crippen LogP contribution in [0.2, 0.25) is 10.0 Å². The van der Waals surface area contributed by atoms with Crippen molar-refractivity contribution in [2.75, 3.05) is 62.2 Å². The van der Waals surface area contributed by atoms with Crippen molar-refractivity contribution in [1.82, 2.24) is 19.9 Å². The molecule has 306 valence electrons. The second-order valence-electron chi connectivity index (χ2n) is 14.3. The fourth-order valence-corrected chi connectivity index (χ4v) is 8.09. The minimum atomic E-state index is -0.0248. The molecular formula is C45H46Cl2N6O5S. The second-order valence-corrected chi connectivity index (χ2v) is 15.9. The van der Waals surface area contributed by atoms with Crippen LogP contribution in [0.1, 0.15) is 49.0 Å². The third-order valence-electron chi connectivity index (χ3n) is 10.5. The summed E-state index contributed by atoms with van der Waals surface area (Å²) < 4.78 is 17.1. The van der Waals surface area contributed by atoms with Crippen LogP contribution >= 0.6 is 34.5 Å². The van der Waals surface area contributed by atoms with Crippen molar-refractivity contribution >= 4 is 57.7 Å². The molecule has 2 aliphatic rings. The first-order chi connectivity index (χ1) is 28.7. The maximum atomic E-state index is 13.2. The predicted molar refractivity (Wildman–Crippen MR) is 234 cm³/mol. The summed E-state index contributed by atoms with van der Waals surface area (Å²) in [6.07, 6.45) is 0. The monoisotopic (exact) mass is 852 g/mol. The summed E-state index contributed by atoms with van der Waals surface area (Å²) in [5.41, 5.74) is 8.84. The molecule has 0 unspecified atom stereocenters. The zero-order valence-corrected chi connectivity index (χ0v) is 35.6. The highest BCUT2D eigenvalue weighted by molar-refractivity contribution is 7.07. The van der Waals surface area contributed by atoms with E-state index in [1.165, 1.54) is 16.9 Å². The number of aryl methyl sites for hydroxylation is 3. The molecule has 2 aliphatic heterocycles. The standard InChI is InChI=1S/C23H24ClN3O3.C22H22ClN3O2S/c1-16-19(17(2)30-25-16)15-29-22-10-6-3-7-18(22)23(28)27-13-11-26(12-14-27)21-9-5-4-8-20(21)24;1-16-6-7-17(23)12-20(16)25-8-10-26(11-9-25)22(27)19-4-2-3-5-21(19)28-13-18-14-29-15-24-18/h3-10H,11-15H2,1-2H3;2-7,12,14-15H,8-11,13H2,1H3. The molecule has 2 amide bonds. The lowest BCUT2D eigenvalue weighted by Crippen LogP contribution is -2.49. The molecule has 6 aromatic rings. The number of aromatic nitrogens is 2. The van der Waals surface area contributed by atoms with Gasteiger partial charge in [-0.15, -0.1) is 11.3 Å². The van der Waals surface area contributed by atoms with Gasteiger partial charge in [0.05, 0.1) is 44.3 Å². The van der Waals surface area contributed by atoms with Crippen molar-refractivity contribution in [2.24, 2.45) is 0 Å². The quantitative estimate of drug-likeness (QED) is 0.134. The molecule has 0 aliphatic carbocycles. The number of halogens is 2. The third kappa shape index (κ3) is 10.2. The zero-order chi connectivity index (χ0) is 41.3. The van der Waals surface area contributed by atoms with Crippen LogP contribution in [0.15, 0.2) is 106 Å². The Morgan fingerprint density at radius 1 is 0.695 bits per heavy atom. The van der Waals surface area contributed by atoms with E-state index in [1.807, 2.05) is 120 Å². The summed E-state index contributed by atoms with van der Waals surface area (Å²) in [5, 5.41) is 7.36. The average molecular weight is 854 g/mol. The predicted octanol–water partition coefficient (Wildman–Crippen LogP) is 9.13. The number of benzene rings is 4. The summed E-state index contributed by atoms with van der Waals surface area (Å²) in [4.78, 5) is 38.8. The highest BCUT2D eigenvalue weighted by atomic mass is 35.5. The molecule has 4 aromatic carbocycles. The largest absolute Gasteiger partial charge is 0.488 e. The van der Waals surface area contributed by atoms with Crippen LogP contribution in [-0.4, -0.2) is 84.1 Å². The number of nitrogens with zero attached hydrogens (tertiary/aromatic N) is 6. The number of para-hydroxylation sites is 3. The molecule has 0 radical (unpaired) electrons. The van der Waals surface area contributed by atoms with Crippen molar-refractivity contribution in [3.05, 3.63) is 151 Å². The molecule has 0 N–H and O–H groups in total. The average Bonchev–Trinajstić information content (AvgIpc) is 3.91. The number of hydrogen-bond acceptors (Lipinski definition) is 10. The Labute approximate surface area is 358 Å². The number of piperazine rings is 2. The van der Waals surface area contributed by atoms with E-state index >= 15 is 0 Å². The van der Waals surface area contributed by atoms with Gasteiger partial charge in [-0.05, 0) is 74.9 Å². The number of rotatable bonds is 10. The Morgan fingerprint density at radius 3 is 1.81 bits per heavy atom. The molecule has 8 rings (SSSR count). The molecule has 2 fully saturated rings. The number of carbonyl (C=O) groups excluding carboxylic acids is 2. The van der Waals surface area contributed by atoms with Gasteiger partial charge in [-0.3, -0.25) is 9.59 Å². The molecule has 0 atom stereocenters. The van der Waals surface area contributed by atoms with Gasteiger partial charge in [-0.2, -0.15) is 0 Å². The Kier molecular flexibility index (Phi) is 13.7. The van der Waals surface area contributed by atoms with Crippen molar-refractivity contribution in [1.29, 1.82) is 0 Å². The van der Waals surface area contributed by atoms with Gasteiger partial charge in [0.15, 0.2) is 0 Å². The lowest BCUT2D eigenvalue weighted by molar-refractivity contribution is 0.0734. The third-order valence-corrected chi connectivity index (χ3v) is 11.7. The number of anilines is 2. The molecule has 2 aromatic heterocycles. The molecule has 14 heteroatoms. The van der Waals surface area contributed by atoms with Gasteiger partial charge in [0.2, 0.25) is 0 Å². The Morgan fingerprint density at radius 2 is 1.25 bits per heavy atom. The molecule has 11 nitrogen and oxygen atoms in total. The minimum Gasteiger partial charge on any atom is -0.488 e. The fourth-order valence-electron chi connectivity index (χ4n) is 7.13. The highest BCUT2D eigenvalue weighted by Gasteiger charge is 2.27. The second kappa shape index (κ2) is 19.5. The van der Waals surface area contributed by atoms with Gasteiger partial charge < -0.3 is 33.6 Å². The topological polar surface area (TPSA) is 104 Å². The zero-order valence-electron chi connectivity index (χ0n) is 33.3. The van der Waals surface area contributed by atoms with Crippen molar-refractivity contribution < 1.29 is 23.6 Å². The van der Waals surface area contributed by atoms with Crippen LogP contribution < -0.4 is 19.3 Å². The molecule has 0 bridgehead atoms. The van der Waals surface area contributed by atoms with E-state index in [2.05, 4.69) is 26.9 Å². The van der Waals surface area contributed by atoms with Crippen molar-refractivity contribution in [3.8, 4) is 11.5 Å². The van der Waals surface area contributed by atoms with E-state index in [4.69, 9.17) is 37.2 Å². The van der Waals surface area contributed by atoms with E-state index in [1.54, 1.807) is 5.51 Å². The number of carbonyl (C=O) groups is 2. The molecular weight excluding hydrogens is 808 g/mol. The number of amides is 2. The van der Waals surface area contributed by atoms with Crippen LogP contribution in [0.4, 0.5) is 11.4 Å². The Balaban J connectivity index is 0.000000179. The molecule has 59 heavy (non-hydrogen) atoms. The van der Waals surface area contributed by atoms with Crippen LogP contribution in [0.25, 0.3) is 0 Å². The summed E-state index contributed by atoms with van der Waals surface area (Å²) in [6, 6.07) is 28.5. The first-order valence-electron chi connectivity index (χ1n) is 19.5. The fraction of sp³-hybridized carbons (Fsp3) is 0.289. The summed E-state index contributed by atoms with van der Waals surface area (Å²) in [7, 11) is 0. The van der Waals surface area contributed by atoms with Crippen LogP contribution in [0.3, 0.4) is 0 Å². The first-order valence-corrected chi connectivity index (χ1v) is 21.2. The lowest BCUT2D eigenvalue weighted by atomic mass is 10.1. The summed E-state index contributed by atoms with van der Waals surface area (Å²) in [6.45, 7) is 12.1. The maximum absolute atomic E-state index is 13.2. The van der Waals surface area contributed by atoms with E-state index in [0.717, 1.165) is 70.3 Å². The Bertz CT molecular complexity index is 2340. The summed E-state index contributed by atoms with van der Waals surface area (Å²) >= 11 is 14.0. The summed E-state index contributed by atoms with van der Waals surface area (Å²) in [5.74, 6) is 1.87. The van der Waals surface area contributed by atoms with Crippen LogP contribution in [-0.2, 0) is 13.2 Å². The first kappa shape index (κ1) is 41.6. The van der Waals surface area contributed by atoms with E-state index in [-0.39, 0.29) is 11.8 Å². The normalized spacial score (nSPS) is 14.1. The Hall–Kier alpha value is -5.56. The highest BCUT2D eigenvalue weighted by Crippen LogP contribution is 2.29. The smallest absolute Gasteiger partial charge is 0.257 e. The number of ether oxygens (including phenoxy) is 2. The lowest BCUT2D eigenvalue weighted by Gasteiger charge is -2.37. The minimum absolute atomic E-state index is 0.00124. The molecule has 2 saturated heterocycles. The van der Waals surface area contributed by atoms with Crippen molar-refractivity contribution in [3.63, 3.8) is 0 Å². The molecule has 0 spiro atoms. The van der Waals surface area contributed by atoms with Crippen molar-refractivity contribution in [2.45, 2.75) is 34.0 Å². The van der Waals surface area contributed by atoms with Crippen LogP contribution in [0, 0.1) is 20.8 Å². The van der Waals surface area contributed by atoms with Gasteiger partial charge in [-0.1, -0.05) is 70.8 Å². The molecule has 0 saturated carbocycles. The number of hydrogen-bond donors (Lipinski definition) is 0. The SMILES string of the molecule is Cc1ccc(Cl)cc1N1CCN(C(=O)c2ccccc2OCc2cscn2)CC1.Cc1noc(C)c1COc1ccccc1C(=O)N1CCN(c2ccccc2Cl)CC1. The maximum Gasteiger partial charge on any atom is 0.257 e. The van der Waals surface area contributed by atoms with Crippen LogP contribution in [0.5, 0.6) is 11.5 Å². The van der Waals surface area contributed by atoms with Gasteiger partial charge in [0, 0.05) is 68.4 Å². The van der Waals surface area contributed by atoms with E-state index in [0.29, 0.717) is 62.0 Å². The van der Waals surface area contributed by atoms with E-state index in [9.17, 15) is 9.59 Å². The van der Waals surface area contributed by atoms with Gasteiger partial charge >= 0.3 is 0 Å². The van der Waals surface area contributed by atoms with Gasteiger partial charge in [0.1, 0.15) is 30.5 Å². The van der Waals surface area contributed by atoms with Gasteiger partial charge in [-0.25, -0.2) is 4.98 Å². The number of thiazole rings is 1.